The van der Waals surface area contributed by atoms with Gasteiger partial charge in [0.2, 0.25) is 0 Å². The summed E-state index contributed by atoms with van der Waals surface area (Å²) >= 11 is 0. The Labute approximate surface area is 107 Å². The van der Waals surface area contributed by atoms with Crippen LogP contribution in [0.3, 0.4) is 0 Å². The first-order valence-electron chi connectivity index (χ1n) is 4.77. The van der Waals surface area contributed by atoms with Gasteiger partial charge < -0.3 is 0 Å². The summed E-state index contributed by atoms with van der Waals surface area (Å²) in [5, 5.41) is 0. The highest BCUT2D eigenvalue weighted by atomic mass is 19.4. The molecule has 0 amide bonds. The molecule has 0 aliphatic rings. The zero-order chi connectivity index (χ0) is 17.7. The lowest BCUT2D eigenvalue weighted by Crippen LogP contribution is -2.69. The molecular weight excluding hydrogens is 343 g/mol. The van der Waals surface area contributed by atoms with Crippen LogP contribution in [0.5, 0.6) is 0 Å². The number of hydrogen-bond donors (Lipinski definition) is 0. The summed E-state index contributed by atoms with van der Waals surface area (Å²) in [7, 11) is 0. The highest BCUT2D eigenvalue weighted by Gasteiger charge is 2.90. The van der Waals surface area contributed by atoms with Gasteiger partial charge in [-0.3, -0.25) is 0 Å². The molecule has 0 unspecified atom stereocenters. The van der Waals surface area contributed by atoms with E-state index in [2.05, 4.69) is 0 Å². The predicted octanol–water partition coefficient (Wildman–Crippen LogP) is 5.14. The van der Waals surface area contributed by atoms with Crippen molar-refractivity contribution in [3.63, 3.8) is 0 Å². The topological polar surface area (TPSA) is 0 Å². The summed E-state index contributed by atoms with van der Waals surface area (Å²) in [6.45, 7) is 0.115. The fraction of sp³-hybridized carbons (Fsp3) is 1.00. The Kier molecular flexibility index (Phi) is 4.59. The molecule has 0 spiro atoms. The van der Waals surface area contributed by atoms with Crippen LogP contribution in [0.1, 0.15) is 13.3 Å². The Hall–Kier alpha value is -0.910. The molecule has 0 saturated carbocycles. The van der Waals surface area contributed by atoms with Crippen LogP contribution in [0.25, 0.3) is 0 Å². The second-order valence-corrected chi connectivity index (χ2v) is 3.85. The highest BCUT2D eigenvalue weighted by Crippen LogP contribution is 2.60. The number of alkyl halides is 13. The van der Waals surface area contributed by atoms with Gasteiger partial charge in [-0.1, -0.05) is 6.92 Å². The van der Waals surface area contributed by atoms with Crippen LogP contribution >= 0.6 is 0 Å². The average Bonchev–Trinajstić information content (AvgIpc) is 2.26. The van der Waals surface area contributed by atoms with Crippen LogP contribution in [-0.2, 0) is 0 Å². The van der Waals surface area contributed by atoms with Gasteiger partial charge in [0.15, 0.2) is 0 Å². The van der Waals surface area contributed by atoms with E-state index in [-0.39, 0.29) is 6.92 Å². The molecule has 0 saturated heterocycles. The molecule has 0 aliphatic heterocycles. The molecule has 0 aromatic carbocycles. The first-order chi connectivity index (χ1) is 8.81. The molecule has 0 aromatic rings. The molecular formula is C8H5F13. The van der Waals surface area contributed by atoms with Crippen LogP contribution in [0.15, 0.2) is 0 Å². The molecule has 0 aromatic heterocycles. The van der Waals surface area contributed by atoms with Gasteiger partial charge in [0.1, 0.15) is 0 Å². The monoisotopic (exact) mass is 348 g/mol. The van der Waals surface area contributed by atoms with E-state index in [0.29, 0.717) is 0 Å². The van der Waals surface area contributed by atoms with Gasteiger partial charge in [-0.15, -0.1) is 0 Å². The predicted molar refractivity (Wildman–Crippen MR) is 41.1 cm³/mol. The van der Waals surface area contributed by atoms with Crippen molar-refractivity contribution >= 4 is 0 Å². The summed E-state index contributed by atoms with van der Waals surface area (Å²) in [6.07, 6.45) is -9.57. The minimum absolute atomic E-state index is 0.115. The molecule has 128 valence electrons. The zero-order valence-corrected chi connectivity index (χ0v) is 9.62. The smallest absolute Gasteiger partial charge is 0.200 e. The van der Waals surface area contributed by atoms with Gasteiger partial charge in [0.25, 0.3) is 0 Å². The van der Waals surface area contributed by atoms with E-state index in [9.17, 15) is 57.1 Å². The standard InChI is InChI=1S/C8H5F13/c1-2-3(9,10)4(11,12)5(13,14)6(15,16)7(17,18)8(19,20)21/h2H2,1H3. The maximum absolute atomic E-state index is 12.7. The molecule has 0 nitrogen and oxygen atoms in total. The number of hydrogen-bond acceptors (Lipinski definition) is 0. The summed E-state index contributed by atoms with van der Waals surface area (Å²) in [5.41, 5.74) is 0. The molecule has 0 heterocycles. The minimum atomic E-state index is -7.81. The van der Waals surface area contributed by atoms with Crippen molar-refractivity contribution in [1.82, 2.24) is 0 Å². The summed E-state index contributed by atoms with van der Waals surface area (Å²) in [4.78, 5) is 0. The van der Waals surface area contributed by atoms with Gasteiger partial charge in [0.05, 0.1) is 0 Å². The average molecular weight is 348 g/mol. The number of rotatable bonds is 5. The third-order valence-corrected chi connectivity index (χ3v) is 2.44. The molecule has 0 rings (SSSR count). The van der Waals surface area contributed by atoms with Gasteiger partial charge in [-0.05, 0) is 0 Å². The SMILES string of the molecule is CCC(F)(F)C(F)(F)C(F)(F)C(F)(F)C(F)(F)C(F)(F)F. The Balaban J connectivity index is 6.14. The van der Waals surface area contributed by atoms with E-state index in [1.165, 1.54) is 0 Å². The molecule has 0 aliphatic carbocycles. The van der Waals surface area contributed by atoms with E-state index < -0.39 is 42.2 Å². The number of halogens is 13. The van der Waals surface area contributed by atoms with E-state index in [0.717, 1.165) is 0 Å². The molecule has 0 fully saturated rings. The molecule has 0 N–H and O–H groups in total. The quantitative estimate of drug-likeness (QED) is 0.604. The third kappa shape index (κ3) is 2.51. The molecule has 0 radical (unpaired) electrons. The van der Waals surface area contributed by atoms with Crippen molar-refractivity contribution in [2.24, 2.45) is 0 Å². The van der Waals surface area contributed by atoms with Crippen molar-refractivity contribution in [3.05, 3.63) is 0 Å². The van der Waals surface area contributed by atoms with E-state index in [1.54, 1.807) is 0 Å². The summed E-state index contributed by atoms with van der Waals surface area (Å²) < 4.78 is 161. The van der Waals surface area contributed by atoms with Crippen molar-refractivity contribution in [3.8, 4) is 0 Å². The van der Waals surface area contributed by atoms with Gasteiger partial charge in [-0.2, -0.15) is 57.1 Å². The second kappa shape index (κ2) is 4.80. The van der Waals surface area contributed by atoms with E-state index in [4.69, 9.17) is 0 Å². The van der Waals surface area contributed by atoms with Crippen LogP contribution in [0.4, 0.5) is 57.1 Å². The first kappa shape index (κ1) is 20.1. The van der Waals surface area contributed by atoms with Crippen LogP contribution in [0, 0.1) is 0 Å². The second-order valence-electron chi connectivity index (χ2n) is 3.85. The summed E-state index contributed by atoms with van der Waals surface area (Å²) in [6, 6.07) is 0. The molecule has 13 heteroatoms. The van der Waals surface area contributed by atoms with Crippen molar-refractivity contribution in [2.45, 2.75) is 49.1 Å². The maximum atomic E-state index is 12.7. The lowest BCUT2D eigenvalue weighted by Gasteiger charge is -2.39. The van der Waals surface area contributed by atoms with Crippen LogP contribution < -0.4 is 0 Å². The summed E-state index contributed by atoms with van der Waals surface area (Å²) in [5.74, 6) is -36.2. The fourth-order valence-electron chi connectivity index (χ4n) is 1.02. The molecule has 21 heavy (non-hydrogen) atoms. The van der Waals surface area contributed by atoms with Gasteiger partial charge in [-0.25, -0.2) is 0 Å². The first-order valence-corrected chi connectivity index (χ1v) is 4.77. The lowest BCUT2D eigenvalue weighted by atomic mass is 9.93. The van der Waals surface area contributed by atoms with Crippen molar-refractivity contribution in [2.75, 3.05) is 0 Å². The van der Waals surface area contributed by atoms with Crippen molar-refractivity contribution in [1.29, 1.82) is 0 Å². The Morgan fingerprint density at radius 3 is 1.00 bits per heavy atom. The lowest BCUT2D eigenvalue weighted by molar-refractivity contribution is -0.439. The van der Waals surface area contributed by atoms with E-state index in [1.807, 2.05) is 0 Å². The van der Waals surface area contributed by atoms with Crippen LogP contribution in [0.2, 0.25) is 0 Å². The Morgan fingerprint density at radius 2 is 0.762 bits per heavy atom. The van der Waals surface area contributed by atoms with Gasteiger partial charge >= 0.3 is 35.8 Å². The fourth-order valence-corrected chi connectivity index (χ4v) is 1.02. The Morgan fingerprint density at radius 1 is 0.476 bits per heavy atom. The normalized spacial score (nSPS) is 16.3. The van der Waals surface area contributed by atoms with E-state index >= 15 is 0 Å². The zero-order valence-electron chi connectivity index (χ0n) is 9.62. The molecule has 0 atom stereocenters. The molecule has 0 bridgehead atoms. The minimum Gasteiger partial charge on any atom is -0.200 e. The maximum Gasteiger partial charge on any atom is 0.460 e. The van der Waals surface area contributed by atoms with Crippen LogP contribution in [-0.4, -0.2) is 35.8 Å². The highest BCUT2D eigenvalue weighted by molar-refractivity contribution is 5.09. The Bertz CT molecular complexity index is 376. The van der Waals surface area contributed by atoms with Gasteiger partial charge in [0, 0.05) is 6.42 Å². The third-order valence-electron chi connectivity index (χ3n) is 2.44. The largest absolute Gasteiger partial charge is 0.460 e. The van der Waals surface area contributed by atoms with Crippen molar-refractivity contribution < 1.29 is 57.1 Å².